The number of anilines is 1. The van der Waals surface area contributed by atoms with Crippen LogP contribution in [-0.4, -0.2) is 14.6 Å². The van der Waals surface area contributed by atoms with Gasteiger partial charge in [0.05, 0.1) is 23.4 Å². The third kappa shape index (κ3) is 2.02. The van der Waals surface area contributed by atoms with Crippen LogP contribution in [0.2, 0.25) is 0 Å². The van der Waals surface area contributed by atoms with Gasteiger partial charge in [-0.2, -0.15) is 0 Å². The van der Waals surface area contributed by atoms with Gasteiger partial charge in [0, 0.05) is 16.9 Å². The van der Waals surface area contributed by atoms with Crippen LogP contribution in [0, 0.1) is 0 Å². The Morgan fingerprint density at radius 1 is 1.54 bits per heavy atom. The van der Waals surface area contributed by atoms with E-state index >= 15 is 0 Å². The number of nitrogens with one attached hydrogen (secondary N) is 1. The second-order valence-corrected chi connectivity index (χ2v) is 4.07. The molecule has 2 aromatic heterocycles. The molecule has 1 atom stereocenters. The molecule has 0 saturated carbocycles. The van der Waals surface area contributed by atoms with Crippen molar-refractivity contribution in [2.24, 2.45) is 0 Å². The van der Waals surface area contributed by atoms with Gasteiger partial charge in [0.25, 0.3) is 0 Å². The molecule has 0 aliphatic heterocycles. The third-order valence-corrected chi connectivity index (χ3v) is 2.82. The van der Waals surface area contributed by atoms with Crippen molar-refractivity contribution in [3.8, 4) is 0 Å². The van der Waals surface area contributed by atoms with Crippen molar-refractivity contribution in [3.05, 3.63) is 22.8 Å². The number of hydrogen-bond donors (Lipinski definition) is 1. The Balaban J connectivity index is 2.04. The highest BCUT2D eigenvalue weighted by Gasteiger charge is 2.07. The number of thiazole rings is 1. The summed E-state index contributed by atoms with van der Waals surface area (Å²) in [5, 5.41) is 10.0. The lowest BCUT2D eigenvalue weighted by Crippen LogP contribution is -2.05. The minimum absolute atomic E-state index is 0.216. The van der Waals surface area contributed by atoms with Gasteiger partial charge >= 0.3 is 0 Å². The second-order valence-electron chi connectivity index (χ2n) is 2.56. The van der Waals surface area contributed by atoms with Crippen molar-refractivity contribution in [2.45, 2.75) is 13.0 Å². The molecule has 1 unspecified atom stereocenters. The molecule has 2 rings (SSSR count). The monoisotopic (exact) mass is 212 g/mol. The predicted molar refractivity (Wildman–Crippen MR) is 54.1 cm³/mol. The van der Waals surface area contributed by atoms with E-state index in [4.69, 9.17) is 0 Å². The van der Waals surface area contributed by atoms with E-state index in [1.54, 1.807) is 17.5 Å². The number of aromatic nitrogens is 3. The summed E-state index contributed by atoms with van der Waals surface area (Å²) in [6.45, 7) is 2.06. The van der Waals surface area contributed by atoms with Crippen LogP contribution in [0.15, 0.2) is 17.1 Å². The van der Waals surface area contributed by atoms with Gasteiger partial charge in [0.15, 0.2) is 0 Å². The maximum atomic E-state index is 4.22. The first-order valence-corrected chi connectivity index (χ1v) is 5.50. The van der Waals surface area contributed by atoms with E-state index in [1.807, 2.05) is 10.9 Å². The van der Waals surface area contributed by atoms with Crippen molar-refractivity contribution in [1.29, 1.82) is 0 Å². The summed E-state index contributed by atoms with van der Waals surface area (Å²) in [7, 11) is 0. The summed E-state index contributed by atoms with van der Waals surface area (Å²) in [5.74, 6) is 0. The fourth-order valence-corrected chi connectivity index (χ4v) is 2.11. The van der Waals surface area contributed by atoms with Crippen LogP contribution in [0.4, 0.5) is 5.00 Å². The van der Waals surface area contributed by atoms with Crippen LogP contribution < -0.4 is 5.32 Å². The van der Waals surface area contributed by atoms with Gasteiger partial charge in [0.1, 0.15) is 5.00 Å². The summed E-state index contributed by atoms with van der Waals surface area (Å²) in [6, 6.07) is 0.216. The topological polar surface area (TPSA) is 50.7 Å². The van der Waals surface area contributed by atoms with E-state index in [0.29, 0.717) is 0 Å². The third-order valence-electron chi connectivity index (χ3n) is 1.62. The maximum absolute atomic E-state index is 4.22. The second kappa shape index (κ2) is 3.80. The normalized spacial score (nSPS) is 12.7. The van der Waals surface area contributed by atoms with Crippen molar-refractivity contribution in [2.75, 3.05) is 5.32 Å². The first kappa shape index (κ1) is 8.58. The Kier molecular flexibility index (Phi) is 2.51. The Bertz CT molecular complexity index is 342. The van der Waals surface area contributed by atoms with Gasteiger partial charge in [0.2, 0.25) is 0 Å². The highest BCUT2D eigenvalue weighted by atomic mass is 32.1. The van der Waals surface area contributed by atoms with Crippen LogP contribution in [0.25, 0.3) is 0 Å². The standard InChI is InChI=1S/C7H8N4S2/c1-5(6-3-12-4-8-6)10-7-2-9-11-13-7/h2-5,10H,1H3. The van der Waals surface area contributed by atoms with E-state index in [1.165, 1.54) is 11.5 Å². The molecule has 0 fully saturated rings. The molecule has 0 bridgehead atoms. The fourth-order valence-electron chi connectivity index (χ4n) is 0.954. The van der Waals surface area contributed by atoms with E-state index in [-0.39, 0.29) is 6.04 Å². The van der Waals surface area contributed by atoms with Gasteiger partial charge in [-0.05, 0) is 6.92 Å². The molecule has 0 saturated heterocycles. The van der Waals surface area contributed by atoms with E-state index < -0.39 is 0 Å². The molecule has 68 valence electrons. The van der Waals surface area contributed by atoms with Crippen LogP contribution in [0.1, 0.15) is 18.7 Å². The van der Waals surface area contributed by atoms with Crippen LogP contribution in [-0.2, 0) is 0 Å². The first-order valence-electron chi connectivity index (χ1n) is 3.78. The van der Waals surface area contributed by atoms with Gasteiger partial charge in [-0.1, -0.05) is 4.49 Å². The zero-order valence-corrected chi connectivity index (χ0v) is 8.60. The molecule has 0 radical (unpaired) electrons. The van der Waals surface area contributed by atoms with Crippen LogP contribution in [0.3, 0.4) is 0 Å². The summed E-state index contributed by atoms with van der Waals surface area (Å²) in [4.78, 5) is 4.22. The largest absolute Gasteiger partial charge is 0.366 e. The maximum Gasteiger partial charge on any atom is 0.130 e. The van der Waals surface area contributed by atoms with Crippen molar-refractivity contribution in [3.63, 3.8) is 0 Å². The summed E-state index contributed by atoms with van der Waals surface area (Å²) in [6.07, 6.45) is 1.72. The smallest absolute Gasteiger partial charge is 0.130 e. The SMILES string of the molecule is CC(Nc1cnns1)c1cscn1. The minimum atomic E-state index is 0.216. The molecule has 6 heteroatoms. The van der Waals surface area contributed by atoms with Crippen molar-refractivity contribution < 1.29 is 0 Å². The Morgan fingerprint density at radius 2 is 2.46 bits per heavy atom. The molecule has 2 aromatic rings. The van der Waals surface area contributed by atoms with E-state index in [2.05, 4.69) is 26.8 Å². The van der Waals surface area contributed by atoms with Crippen LogP contribution >= 0.6 is 22.9 Å². The number of hydrogen-bond acceptors (Lipinski definition) is 6. The first-order chi connectivity index (χ1) is 6.36. The van der Waals surface area contributed by atoms with Gasteiger partial charge in [-0.15, -0.1) is 16.4 Å². The van der Waals surface area contributed by atoms with Crippen LogP contribution in [0.5, 0.6) is 0 Å². The highest BCUT2D eigenvalue weighted by molar-refractivity contribution is 7.09. The molecule has 0 spiro atoms. The molecular weight excluding hydrogens is 204 g/mol. The molecule has 0 aliphatic carbocycles. The molecular formula is C7H8N4S2. The Morgan fingerprint density at radius 3 is 3.08 bits per heavy atom. The lowest BCUT2D eigenvalue weighted by atomic mass is 10.3. The average molecular weight is 212 g/mol. The zero-order chi connectivity index (χ0) is 9.10. The highest BCUT2D eigenvalue weighted by Crippen LogP contribution is 2.19. The average Bonchev–Trinajstić information content (AvgIpc) is 2.74. The predicted octanol–water partition coefficient (Wildman–Crippen LogP) is 2.17. The Hall–Kier alpha value is -1.01. The molecule has 0 amide bonds. The Labute approximate surface area is 83.8 Å². The number of rotatable bonds is 3. The van der Waals surface area contributed by atoms with Crippen molar-refractivity contribution in [1.82, 2.24) is 14.6 Å². The summed E-state index contributed by atoms with van der Waals surface area (Å²) in [5.41, 5.74) is 2.89. The van der Waals surface area contributed by atoms with E-state index in [9.17, 15) is 0 Å². The molecule has 0 aromatic carbocycles. The zero-order valence-electron chi connectivity index (χ0n) is 6.97. The molecule has 0 aliphatic rings. The number of nitrogens with zero attached hydrogens (tertiary/aromatic N) is 3. The molecule has 2 heterocycles. The molecule has 1 N–H and O–H groups in total. The fraction of sp³-hybridized carbons (Fsp3) is 0.286. The van der Waals surface area contributed by atoms with Crippen molar-refractivity contribution >= 4 is 27.9 Å². The minimum Gasteiger partial charge on any atom is -0.366 e. The van der Waals surface area contributed by atoms with Gasteiger partial charge in [-0.3, -0.25) is 0 Å². The molecule has 4 nitrogen and oxygen atoms in total. The summed E-state index contributed by atoms with van der Waals surface area (Å²) >= 11 is 2.95. The van der Waals surface area contributed by atoms with E-state index in [0.717, 1.165) is 10.7 Å². The summed E-state index contributed by atoms with van der Waals surface area (Å²) < 4.78 is 3.77. The van der Waals surface area contributed by atoms with Gasteiger partial charge in [-0.25, -0.2) is 4.98 Å². The lowest BCUT2D eigenvalue weighted by molar-refractivity contribution is 0.853. The quantitative estimate of drug-likeness (QED) is 0.847. The van der Waals surface area contributed by atoms with Gasteiger partial charge < -0.3 is 5.32 Å². The lowest BCUT2D eigenvalue weighted by Gasteiger charge is -2.09. The molecule has 13 heavy (non-hydrogen) atoms.